The monoisotopic (exact) mass is 241 g/mol. The fourth-order valence-electron chi connectivity index (χ4n) is 1.41. The summed E-state index contributed by atoms with van der Waals surface area (Å²) in [5, 5.41) is 0.515. The number of benzene rings is 1. The number of methoxy groups -OCH3 is 1. The van der Waals surface area contributed by atoms with Gasteiger partial charge in [0.1, 0.15) is 5.75 Å². The molecule has 0 aromatic heterocycles. The minimum absolute atomic E-state index is 0.100. The number of Topliss-reactive ketones (excluding diaryl/α,β-unsaturated/α-hetero) is 1. The van der Waals surface area contributed by atoms with E-state index in [1.165, 1.54) is 7.11 Å². The van der Waals surface area contributed by atoms with E-state index in [0.717, 1.165) is 12.8 Å². The van der Waals surface area contributed by atoms with E-state index in [1.807, 2.05) is 0 Å². The number of nitrogens with two attached hydrogens (primary N) is 1. The molecule has 0 saturated heterocycles. The third-order valence-corrected chi connectivity index (χ3v) is 2.64. The Kier molecular flexibility index (Phi) is 5.29. The lowest BCUT2D eigenvalue weighted by atomic mass is 10.1. The van der Waals surface area contributed by atoms with Crippen LogP contribution in [-0.4, -0.2) is 19.4 Å². The predicted molar refractivity (Wildman–Crippen MR) is 65.2 cm³/mol. The summed E-state index contributed by atoms with van der Waals surface area (Å²) in [5.41, 5.74) is 6.01. The van der Waals surface area contributed by atoms with E-state index < -0.39 is 0 Å². The van der Waals surface area contributed by atoms with Crippen LogP contribution in [0.1, 0.15) is 29.6 Å². The third kappa shape index (κ3) is 3.51. The number of carbonyl (C=O) groups is 1. The van der Waals surface area contributed by atoms with Crippen molar-refractivity contribution in [2.24, 2.45) is 5.73 Å². The molecule has 2 N–H and O–H groups in total. The molecule has 0 saturated carbocycles. The van der Waals surface area contributed by atoms with Gasteiger partial charge in [0.25, 0.3) is 0 Å². The summed E-state index contributed by atoms with van der Waals surface area (Å²) in [5.74, 6) is 0.634. The largest absolute Gasteiger partial charge is 0.495 e. The van der Waals surface area contributed by atoms with E-state index in [-0.39, 0.29) is 5.78 Å². The van der Waals surface area contributed by atoms with Crippen LogP contribution in [0.5, 0.6) is 5.75 Å². The molecule has 88 valence electrons. The molecule has 1 rings (SSSR count). The van der Waals surface area contributed by atoms with E-state index >= 15 is 0 Å². The fraction of sp³-hybridized carbons (Fsp3) is 0.417. The molecule has 0 atom stereocenters. The normalized spacial score (nSPS) is 10.2. The molecule has 0 aliphatic rings. The molecule has 1 aromatic rings. The molecule has 0 amide bonds. The predicted octanol–water partition coefficient (Wildman–Crippen LogP) is 2.66. The van der Waals surface area contributed by atoms with Gasteiger partial charge in [-0.15, -0.1) is 0 Å². The van der Waals surface area contributed by atoms with Crippen LogP contribution in [0.3, 0.4) is 0 Å². The van der Waals surface area contributed by atoms with Gasteiger partial charge >= 0.3 is 0 Å². The highest BCUT2D eigenvalue weighted by atomic mass is 35.5. The van der Waals surface area contributed by atoms with Gasteiger partial charge in [-0.3, -0.25) is 4.79 Å². The summed E-state index contributed by atoms with van der Waals surface area (Å²) in [6, 6.07) is 5.07. The molecule has 4 heteroatoms. The number of halogens is 1. The highest BCUT2D eigenvalue weighted by Crippen LogP contribution is 2.25. The van der Waals surface area contributed by atoms with Gasteiger partial charge in [0.2, 0.25) is 0 Å². The van der Waals surface area contributed by atoms with E-state index in [4.69, 9.17) is 22.1 Å². The fourth-order valence-corrected chi connectivity index (χ4v) is 1.60. The number of ether oxygens (including phenoxy) is 1. The van der Waals surface area contributed by atoms with Crippen molar-refractivity contribution in [1.29, 1.82) is 0 Å². The first-order valence-corrected chi connectivity index (χ1v) is 5.63. The van der Waals surface area contributed by atoms with Gasteiger partial charge in [0.15, 0.2) is 5.78 Å². The van der Waals surface area contributed by atoms with Crippen LogP contribution in [0.4, 0.5) is 0 Å². The second-order valence-corrected chi connectivity index (χ2v) is 3.93. The van der Waals surface area contributed by atoms with E-state index in [9.17, 15) is 4.79 Å². The SMILES string of the molecule is COc1cc(C(=O)CCCCN)ccc1Cl. The zero-order valence-electron chi connectivity index (χ0n) is 9.33. The quantitative estimate of drug-likeness (QED) is 0.615. The lowest BCUT2D eigenvalue weighted by molar-refractivity contribution is 0.0979. The van der Waals surface area contributed by atoms with Crippen LogP contribution in [0.2, 0.25) is 5.02 Å². The summed E-state index contributed by atoms with van der Waals surface area (Å²) in [4.78, 5) is 11.8. The Morgan fingerprint density at radius 2 is 2.19 bits per heavy atom. The Morgan fingerprint density at radius 1 is 1.44 bits per heavy atom. The number of carbonyl (C=O) groups excluding carboxylic acids is 1. The smallest absolute Gasteiger partial charge is 0.163 e. The average molecular weight is 242 g/mol. The van der Waals surface area contributed by atoms with E-state index in [1.54, 1.807) is 18.2 Å². The molecule has 0 aliphatic heterocycles. The maximum absolute atomic E-state index is 11.8. The summed E-state index contributed by atoms with van der Waals surface area (Å²) >= 11 is 5.87. The summed E-state index contributed by atoms with van der Waals surface area (Å²) in [6.07, 6.45) is 2.21. The number of hydrogen-bond donors (Lipinski definition) is 1. The van der Waals surface area contributed by atoms with Gasteiger partial charge in [-0.2, -0.15) is 0 Å². The van der Waals surface area contributed by atoms with Crippen LogP contribution in [-0.2, 0) is 0 Å². The van der Waals surface area contributed by atoms with Crippen molar-refractivity contribution in [3.8, 4) is 5.75 Å². The van der Waals surface area contributed by atoms with Crippen molar-refractivity contribution < 1.29 is 9.53 Å². The number of hydrogen-bond acceptors (Lipinski definition) is 3. The maximum atomic E-state index is 11.8. The second kappa shape index (κ2) is 6.51. The third-order valence-electron chi connectivity index (χ3n) is 2.33. The molecular formula is C12H16ClNO2. The molecule has 16 heavy (non-hydrogen) atoms. The zero-order chi connectivity index (χ0) is 12.0. The first kappa shape index (κ1) is 13.0. The van der Waals surface area contributed by atoms with E-state index in [2.05, 4.69) is 0 Å². The molecule has 0 bridgehead atoms. The topological polar surface area (TPSA) is 52.3 Å². The average Bonchev–Trinajstić information content (AvgIpc) is 2.30. The maximum Gasteiger partial charge on any atom is 0.163 e. The summed E-state index contributed by atoms with van der Waals surface area (Å²) in [6.45, 7) is 0.622. The minimum atomic E-state index is 0.100. The van der Waals surface area contributed by atoms with Crippen LogP contribution in [0, 0.1) is 0 Å². The van der Waals surface area contributed by atoms with Gasteiger partial charge in [-0.1, -0.05) is 11.6 Å². The van der Waals surface area contributed by atoms with Crippen LogP contribution in [0.15, 0.2) is 18.2 Å². The Labute approximate surface area is 101 Å². The van der Waals surface area contributed by atoms with Crippen molar-refractivity contribution in [1.82, 2.24) is 0 Å². The lowest BCUT2D eigenvalue weighted by Crippen LogP contribution is -2.03. The highest BCUT2D eigenvalue weighted by molar-refractivity contribution is 6.32. The molecule has 0 heterocycles. The zero-order valence-corrected chi connectivity index (χ0v) is 10.1. The Hall–Kier alpha value is -1.06. The van der Waals surface area contributed by atoms with Crippen molar-refractivity contribution >= 4 is 17.4 Å². The molecule has 0 spiro atoms. The number of rotatable bonds is 6. The van der Waals surface area contributed by atoms with Crippen molar-refractivity contribution in [3.63, 3.8) is 0 Å². The van der Waals surface area contributed by atoms with Gasteiger partial charge in [-0.05, 0) is 37.6 Å². The van der Waals surface area contributed by atoms with Crippen LogP contribution >= 0.6 is 11.6 Å². The first-order chi connectivity index (χ1) is 7.69. The van der Waals surface area contributed by atoms with E-state index in [0.29, 0.717) is 29.3 Å². The molecular weight excluding hydrogens is 226 g/mol. The Bertz CT molecular complexity index is 366. The van der Waals surface area contributed by atoms with Gasteiger partial charge < -0.3 is 10.5 Å². The highest BCUT2D eigenvalue weighted by Gasteiger charge is 2.08. The van der Waals surface area contributed by atoms with Crippen LogP contribution in [0.25, 0.3) is 0 Å². The van der Waals surface area contributed by atoms with Crippen molar-refractivity contribution in [2.75, 3.05) is 13.7 Å². The minimum Gasteiger partial charge on any atom is -0.495 e. The molecule has 0 fully saturated rings. The number of ketones is 1. The van der Waals surface area contributed by atoms with Gasteiger partial charge in [0, 0.05) is 12.0 Å². The Balaban J connectivity index is 2.68. The lowest BCUT2D eigenvalue weighted by Gasteiger charge is -2.05. The second-order valence-electron chi connectivity index (χ2n) is 3.52. The van der Waals surface area contributed by atoms with Gasteiger partial charge in [0.05, 0.1) is 12.1 Å². The first-order valence-electron chi connectivity index (χ1n) is 5.26. The standard InChI is InChI=1S/C12H16ClNO2/c1-16-12-8-9(5-6-10(12)13)11(15)4-2-3-7-14/h5-6,8H,2-4,7,14H2,1H3. The Morgan fingerprint density at radius 3 is 2.81 bits per heavy atom. The summed E-state index contributed by atoms with van der Waals surface area (Å²) < 4.78 is 5.06. The molecule has 0 aliphatic carbocycles. The van der Waals surface area contributed by atoms with Crippen LogP contribution < -0.4 is 10.5 Å². The molecule has 0 radical (unpaired) electrons. The van der Waals surface area contributed by atoms with Crippen molar-refractivity contribution in [2.45, 2.75) is 19.3 Å². The van der Waals surface area contributed by atoms with Crippen molar-refractivity contribution in [3.05, 3.63) is 28.8 Å². The molecule has 0 unspecified atom stereocenters. The number of unbranched alkanes of at least 4 members (excludes halogenated alkanes) is 1. The molecule has 3 nitrogen and oxygen atoms in total. The van der Waals surface area contributed by atoms with Gasteiger partial charge in [-0.25, -0.2) is 0 Å². The summed E-state index contributed by atoms with van der Waals surface area (Å²) in [7, 11) is 1.53. The molecule has 1 aromatic carbocycles.